The lowest BCUT2D eigenvalue weighted by molar-refractivity contribution is 0.591. The van der Waals surface area contributed by atoms with Crippen LogP contribution in [0.25, 0.3) is 10.9 Å². The molecule has 3 aromatic rings. The number of para-hydroxylation sites is 1. The number of nitrogens with zero attached hydrogens (tertiary/aromatic N) is 1. The molecule has 1 heterocycles. The zero-order chi connectivity index (χ0) is 13.6. The highest BCUT2D eigenvalue weighted by Crippen LogP contribution is 2.15. The van der Waals surface area contributed by atoms with E-state index in [2.05, 4.69) is 76.7 Å². The number of aromatic nitrogens is 1. The quantitative estimate of drug-likeness (QED) is 0.670. The van der Waals surface area contributed by atoms with Crippen LogP contribution in [0, 0.1) is 0 Å². The predicted molar refractivity (Wildman–Crippen MR) is 84.7 cm³/mol. The van der Waals surface area contributed by atoms with Crippen molar-refractivity contribution in [3.63, 3.8) is 0 Å². The van der Waals surface area contributed by atoms with Gasteiger partial charge < -0.3 is 9.88 Å². The van der Waals surface area contributed by atoms with Crippen LogP contribution in [0.2, 0.25) is 0 Å². The summed E-state index contributed by atoms with van der Waals surface area (Å²) >= 11 is 0. The molecule has 0 unspecified atom stereocenters. The molecule has 0 amide bonds. The second-order valence-electron chi connectivity index (χ2n) is 5.08. The fourth-order valence-electron chi connectivity index (χ4n) is 2.54. The van der Waals surface area contributed by atoms with Crippen molar-refractivity contribution >= 4 is 10.9 Å². The molecule has 1 N–H and O–H groups in total. The number of aryl methyl sites for hydroxylation is 1. The molecule has 2 aromatic carbocycles. The maximum absolute atomic E-state index is 3.50. The van der Waals surface area contributed by atoms with Crippen LogP contribution in [0.3, 0.4) is 0 Å². The number of benzene rings is 2. The summed E-state index contributed by atoms with van der Waals surface area (Å²) in [7, 11) is 0. The smallest absolute Gasteiger partial charge is 0.0480 e. The number of rotatable bonds is 6. The van der Waals surface area contributed by atoms with Gasteiger partial charge in [0.05, 0.1) is 0 Å². The summed E-state index contributed by atoms with van der Waals surface area (Å²) in [6.45, 7) is 3.06. The Morgan fingerprint density at radius 2 is 1.65 bits per heavy atom. The summed E-state index contributed by atoms with van der Waals surface area (Å²) in [4.78, 5) is 0. The first kappa shape index (κ1) is 12.9. The summed E-state index contributed by atoms with van der Waals surface area (Å²) in [6.07, 6.45) is 3.33. The van der Waals surface area contributed by atoms with Crippen molar-refractivity contribution in [2.24, 2.45) is 0 Å². The van der Waals surface area contributed by atoms with E-state index < -0.39 is 0 Å². The molecule has 2 heteroatoms. The topological polar surface area (TPSA) is 17.0 Å². The van der Waals surface area contributed by atoms with Gasteiger partial charge in [0, 0.05) is 24.8 Å². The van der Waals surface area contributed by atoms with Crippen LogP contribution < -0.4 is 5.32 Å². The first-order valence-electron chi connectivity index (χ1n) is 7.22. The van der Waals surface area contributed by atoms with E-state index in [1.807, 2.05) is 0 Å². The van der Waals surface area contributed by atoms with E-state index in [9.17, 15) is 0 Å². The van der Waals surface area contributed by atoms with E-state index in [0.29, 0.717) is 0 Å². The van der Waals surface area contributed by atoms with Gasteiger partial charge in [-0.2, -0.15) is 0 Å². The second-order valence-corrected chi connectivity index (χ2v) is 5.08. The average molecular weight is 264 g/mol. The SMILES string of the molecule is c1ccc(CNCCCn2ccc3ccccc32)cc1. The molecule has 0 aliphatic rings. The third-order valence-corrected chi connectivity index (χ3v) is 3.60. The Balaban J connectivity index is 1.46. The summed E-state index contributed by atoms with van der Waals surface area (Å²) in [6, 6.07) is 21.3. The number of hydrogen-bond acceptors (Lipinski definition) is 1. The highest BCUT2D eigenvalue weighted by Gasteiger charge is 1.99. The molecule has 1 aromatic heterocycles. The van der Waals surface area contributed by atoms with Gasteiger partial charge in [-0.25, -0.2) is 0 Å². The summed E-state index contributed by atoms with van der Waals surface area (Å²) in [5.74, 6) is 0. The van der Waals surface area contributed by atoms with E-state index in [0.717, 1.165) is 26.1 Å². The van der Waals surface area contributed by atoms with Crippen LogP contribution >= 0.6 is 0 Å². The van der Waals surface area contributed by atoms with Crippen molar-refractivity contribution in [1.82, 2.24) is 9.88 Å². The summed E-state index contributed by atoms with van der Waals surface area (Å²) in [5.41, 5.74) is 2.68. The third-order valence-electron chi connectivity index (χ3n) is 3.60. The Morgan fingerprint density at radius 1 is 0.850 bits per heavy atom. The molecule has 0 aliphatic carbocycles. The summed E-state index contributed by atoms with van der Waals surface area (Å²) < 4.78 is 2.33. The molecule has 0 saturated heterocycles. The molecule has 0 atom stereocenters. The standard InChI is InChI=1S/C18H20N2/c1-2-7-16(8-3-1)15-19-12-6-13-20-14-11-17-9-4-5-10-18(17)20/h1-5,7-11,14,19H,6,12-13,15H2. The molecule has 0 spiro atoms. The minimum Gasteiger partial charge on any atom is -0.347 e. The number of hydrogen-bond donors (Lipinski definition) is 1. The molecule has 0 radical (unpaired) electrons. The molecule has 2 nitrogen and oxygen atoms in total. The normalized spacial score (nSPS) is 11.0. The molecule has 102 valence electrons. The van der Waals surface area contributed by atoms with Gasteiger partial charge >= 0.3 is 0 Å². The molecule has 0 aliphatic heterocycles. The van der Waals surface area contributed by atoms with Gasteiger partial charge in [0.25, 0.3) is 0 Å². The van der Waals surface area contributed by atoms with Crippen molar-refractivity contribution in [3.05, 3.63) is 72.4 Å². The van der Waals surface area contributed by atoms with Crippen molar-refractivity contribution in [1.29, 1.82) is 0 Å². The molecule has 0 bridgehead atoms. The largest absolute Gasteiger partial charge is 0.347 e. The highest BCUT2D eigenvalue weighted by molar-refractivity contribution is 5.79. The predicted octanol–water partition coefficient (Wildman–Crippen LogP) is 3.82. The minimum atomic E-state index is 0.952. The van der Waals surface area contributed by atoms with Gasteiger partial charge in [0.1, 0.15) is 0 Å². The van der Waals surface area contributed by atoms with E-state index >= 15 is 0 Å². The van der Waals surface area contributed by atoms with E-state index in [4.69, 9.17) is 0 Å². The van der Waals surface area contributed by atoms with Crippen LogP contribution in [-0.4, -0.2) is 11.1 Å². The van der Waals surface area contributed by atoms with Gasteiger partial charge in [-0.1, -0.05) is 48.5 Å². The minimum absolute atomic E-state index is 0.952. The van der Waals surface area contributed by atoms with Crippen LogP contribution in [0.5, 0.6) is 0 Å². The van der Waals surface area contributed by atoms with Gasteiger partial charge in [-0.3, -0.25) is 0 Å². The van der Waals surface area contributed by atoms with Gasteiger partial charge in [0.2, 0.25) is 0 Å². The van der Waals surface area contributed by atoms with Gasteiger partial charge in [-0.05, 0) is 36.0 Å². The molecular weight excluding hydrogens is 244 g/mol. The zero-order valence-electron chi connectivity index (χ0n) is 11.6. The van der Waals surface area contributed by atoms with Crippen LogP contribution in [-0.2, 0) is 13.1 Å². The van der Waals surface area contributed by atoms with Crippen LogP contribution in [0.15, 0.2) is 66.9 Å². The Labute approximate surface area is 120 Å². The monoisotopic (exact) mass is 264 g/mol. The molecule has 3 rings (SSSR count). The number of fused-ring (bicyclic) bond motifs is 1. The van der Waals surface area contributed by atoms with E-state index in [1.165, 1.54) is 16.5 Å². The van der Waals surface area contributed by atoms with Crippen molar-refractivity contribution < 1.29 is 0 Å². The Bertz CT molecular complexity index is 655. The first-order chi connectivity index (χ1) is 9.93. The van der Waals surface area contributed by atoms with Crippen LogP contribution in [0.4, 0.5) is 0 Å². The molecule has 20 heavy (non-hydrogen) atoms. The fraction of sp³-hybridized carbons (Fsp3) is 0.222. The number of nitrogens with one attached hydrogen (secondary N) is 1. The Kier molecular flexibility index (Phi) is 4.14. The Hall–Kier alpha value is -2.06. The lowest BCUT2D eigenvalue weighted by Gasteiger charge is -2.07. The maximum atomic E-state index is 3.50. The molecule has 0 saturated carbocycles. The van der Waals surface area contributed by atoms with Crippen molar-refractivity contribution in [3.8, 4) is 0 Å². The first-order valence-corrected chi connectivity index (χ1v) is 7.22. The summed E-state index contributed by atoms with van der Waals surface area (Å²) in [5, 5.41) is 4.82. The van der Waals surface area contributed by atoms with Gasteiger partial charge in [0.15, 0.2) is 0 Å². The molecule has 0 fully saturated rings. The average Bonchev–Trinajstić information content (AvgIpc) is 2.91. The van der Waals surface area contributed by atoms with Crippen LogP contribution in [0.1, 0.15) is 12.0 Å². The van der Waals surface area contributed by atoms with E-state index in [1.54, 1.807) is 0 Å². The molecular formula is C18H20N2. The van der Waals surface area contributed by atoms with Gasteiger partial charge in [-0.15, -0.1) is 0 Å². The second kappa shape index (κ2) is 6.40. The highest BCUT2D eigenvalue weighted by atomic mass is 15.0. The maximum Gasteiger partial charge on any atom is 0.0480 e. The lowest BCUT2D eigenvalue weighted by Crippen LogP contribution is -2.16. The van der Waals surface area contributed by atoms with Crippen molar-refractivity contribution in [2.75, 3.05) is 6.54 Å². The van der Waals surface area contributed by atoms with E-state index in [-0.39, 0.29) is 0 Å². The lowest BCUT2D eigenvalue weighted by atomic mass is 10.2. The zero-order valence-corrected chi connectivity index (χ0v) is 11.6. The van der Waals surface area contributed by atoms with Crippen molar-refractivity contribution in [2.45, 2.75) is 19.5 Å². The fourth-order valence-corrected chi connectivity index (χ4v) is 2.54. The Morgan fingerprint density at radius 3 is 2.55 bits per heavy atom. The third kappa shape index (κ3) is 3.09.